The van der Waals surface area contributed by atoms with E-state index in [2.05, 4.69) is 4.98 Å². The number of amides is 2. The van der Waals surface area contributed by atoms with Gasteiger partial charge in [-0.25, -0.2) is 9.88 Å². The number of nitrogens with zero attached hydrogens (tertiary/aromatic N) is 2. The van der Waals surface area contributed by atoms with E-state index < -0.39 is 0 Å². The van der Waals surface area contributed by atoms with Gasteiger partial charge >= 0.3 is 0 Å². The number of aromatic nitrogens is 1. The van der Waals surface area contributed by atoms with Gasteiger partial charge in [0.1, 0.15) is 5.52 Å². The maximum absolute atomic E-state index is 12.5. The standard InChI is InChI=1S/C16H14N2O3/c1-9-17-13-7-6-10(8-14(13)21-9)18-15(19)11-4-2-3-5-12(11)16(18)20/h6-8H,2-5H2,1H3. The van der Waals surface area contributed by atoms with E-state index in [-0.39, 0.29) is 11.8 Å². The van der Waals surface area contributed by atoms with Crippen LogP contribution in [-0.4, -0.2) is 16.8 Å². The second-order valence-corrected chi connectivity index (χ2v) is 5.49. The second-order valence-electron chi connectivity index (χ2n) is 5.49. The van der Waals surface area contributed by atoms with Crippen molar-refractivity contribution < 1.29 is 14.0 Å². The number of fused-ring (bicyclic) bond motifs is 1. The quantitative estimate of drug-likeness (QED) is 0.754. The zero-order valence-electron chi connectivity index (χ0n) is 11.7. The highest BCUT2D eigenvalue weighted by Crippen LogP contribution is 2.36. The minimum Gasteiger partial charge on any atom is -0.441 e. The fourth-order valence-corrected chi connectivity index (χ4v) is 3.14. The van der Waals surface area contributed by atoms with Crippen molar-refractivity contribution in [3.05, 3.63) is 35.2 Å². The van der Waals surface area contributed by atoms with Crippen LogP contribution in [0.15, 0.2) is 33.8 Å². The van der Waals surface area contributed by atoms with Gasteiger partial charge in [-0.05, 0) is 37.8 Å². The van der Waals surface area contributed by atoms with Crippen molar-refractivity contribution in [3.63, 3.8) is 0 Å². The maximum Gasteiger partial charge on any atom is 0.261 e. The Bertz CT molecular complexity index is 788. The number of anilines is 1. The van der Waals surface area contributed by atoms with Crippen LogP contribution in [0.3, 0.4) is 0 Å². The largest absolute Gasteiger partial charge is 0.441 e. The molecule has 0 fully saturated rings. The van der Waals surface area contributed by atoms with Gasteiger partial charge in [-0.1, -0.05) is 0 Å². The Morgan fingerprint density at radius 2 is 1.76 bits per heavy atom. The third-order valence-electron chi connectivity index (χ3n) is 4.13. The Morgan fingerprint density at radius 3 is 2.43 bits per heavy atom. The summed E-state index contributed by atoms with van der Waals surface area (Å²) in [7, 11) is 0. The monoisotopic (exact) mass is 282 g/mol. The highest BCUT2D eigenvalue weighted by molar-refractivity contribution is 6.33. The molecule has 2 aliphatic rings. The molecule has 0 saturated heterocycles. The topological polar surface area (TPSA) is 63.4 Å². The molecule has 4 rings (SSSR count). The molecule has 0 bridgehead atoms. The zero-order chi connectivity index (χ0) is 14.6. The van der Waals surface area contributed by atoms with Crippen LogP contribution in [0.25, 0.3) is 11.1 Å². The first-order valence-electron chi connectivity index (χ1n) is 7.13. The maximum atomic E-state index is 12.5. The number of aryl methyl sites for hydroxylation is 1. The van der Waals surface area contributed by atoms with Gasteiger partial charge in [-0.2, -0.15) is 0 Å². The van der Waals surface area contributed by atoms with E-state index in [9.17, 15) is 9.59 Å². The van der Waals surface area contributed by atoms with Gasteiger partial charge in [-0.15, -0.1) is 0 Å². The van der Waals surface area contributed by atoms with Crippen molar-refractivity contribution in [2.45, 2.75) is 32.6 Å². The molecule has 1 aliphatic carbocycles. The van der Waals surface area contributed by atoms with Gasteiger partial charge in [0, 0.05) is 24.1 Å². The third kappa shape index (κ3) is 1.73. The molecule has 2 heterocycles. The van der Waals surface area contributed by atoms with E-state index >= 15 is 0 Å². The van der Waals surface area contributed by atoms with Crippen LogP contribution in [0.4, 0.5) is 5.69 Å². The minimum atomic E-state index is -0.176. The van der Waals surface area contributed by atoms with Gasteiger partial charge in [0.15, 0.2) is 11.5 Å². The predicted octanol–water partition coefficient (Wildman–Crippen LogP) is 2.88. The molecular formula is C16H14N2O3. The summed E-state index contributed by atoms with van der Waals surface area (Å²) in [5.41, 5.74) is 3.27. The summed E-state index contributed by atoms with van der Waals surface area (Å²) >= 11 is 0. The average molecular weight is 282 g/mol. The summed E-state index contributed by atoms with van der Waals surface area (Å²) in [5, 5.41) is 0. The molecule has 0 N–H and O–H groups in total. The lowest BCUT2D eigenvalue weighted by Crippen LogP contribution is -2.31. The molecule has 5 nitrogen and oxygen atoms in total. The molecule has 0 saturated carbocycles. The summed E-state index contributed by atoms with van der Waals surface area (Å²) in [5.74, 6) is 0.217. The molecule has 1 aromatic carbocycles. The van der Waals surface area contributed by atoms with Crippen LogP contribution >= 0.6 is 0 Å². The van der Waals surface area contributed by atoms with Crippen molar-refractivity contribution >= 4 is 28.6 Å². The van der Waals surface area contributed by atoms with E-state index in [0.717, 1.165) is 18.4 Å². The van der Waals surface area contributed by atoms with Crippen molar-refractivity contribution in [2.24, 2.45) is 0 Å². The summed E-state index contributed by atoms with van der Waals surface area (Å²) in [6.07, 6.45) is 3.37. The van der Waals surface area contributed by atoms with Gasteiger partial charge in [0.25, 0.3) is 11.8 Å². The van der Waals surface area contributed by atoms with Gasteiger partial charge in [-0.3, -0.25) is 9.59 Å². The number of imide groups is 1. The third-order valence-corrected chi connectivity index (χ3v) is 4.13. The predicted molar refractivity (Wildman–Crippen MR) is 76.7 cm³/mol. The lowest BCUT2D eigenvalue weighted by Gasteiger charge is -2.14. The Hall–Kier alpha value is -2.43. The molecule has 2 amide bonds. The first-order chi connectivity index (χ1) is 10.1. The van der Waals surface area contributed by atoms with Crippen LogP contribution < -0.4 is 4.90 Å². The van der Waals surface area contributed by atoms with Gasteiger partial charge < -0.3 is 4.42 Å². The second kappa shape index (κ2) is 4.28. The first-order valence-corrected chi connectivity index (χ1v) is 7.13. The molecule has 0 atom stereocenters. The number of carbonyl (C=O) groups is 2. The molecular weight excluding hydrogens is 268 g/mol. The summed E-state index contributed by atoms with van der Waals surface area (Å²) in [6, 6.07) is 5.24. The Labute approximate surface area is 121 Å². The van der Waals surface area contributed by atoms with E-state index in [0.29, 0.717) is 41.1 Å². The SMILES string of the molecule is Cc1nc2ccc(N3C(=O)C4=C(CCCC4)C3=O)cc2o1. The highest BCUT2D eigenvalue weighted by atomic mass is 16.3. The number of benzene rings is 1. The van der Waals surface area contributed by atoms with Crippen molar-refractivity contribution in [2.75, 3.05) is 4.90 Å². The number of rotatable bonds is 1. The van der Waals surface area contributed by atoms with Crippen LogP contribution in [0.2, 0.25) is 0 Å². The number of carbonyl (C=O) groups excluding carboxylic acids is 2. The zero-order valence-corrected chi connectivity index (χ0v) is 11.7. The lowest BCUT2D eigenvalue weighted by atomic mass is 9.93. The van der Waals surface area contributed by atoms with Crippen molar-refractivity contribution in [1.29, 1.82) is 0 Å². The molecule has 106 valence electrons. The first kappa shape index (κ1) is 12.3. The molecule has 0 spiro atoms. The number of hydrogen-bond acceptors (Lipinski definition) is 4. The van der Waals surface area contributed by atoms with Crippen molar-refractivity contribution in [3.8, 4) is 0 Å². The minimum absolute atomic E-state index is 0.176. The summed E-state index contributed by atoms with van der Waals surface area (Å²) < 4.78 is 5.48. The van der Waals surface area contributed by atoms with E-state index in [1.807, 2.05) is 0 Å². The van der Waals surface area contributed by atoms with E-state index in [4.69, 9.17) is 4.42 Å². The Balaban J connectivity index is 1.78. The summed E-state index contributed by atoms with van der Waals surface area (Å²) in [4.78, 5) is 30.5. The average Bonchev–Trinajstić information content (AvgIpc) is 2.97. The smallest absolute Gasteiger partial charge is 0.261 e. The fraction of sp³-hybridized carbons (Fsp3) is 0.312. The highest BCUT2D eigenvalue weighted by Gasteiger charge is 2.39. The summed E-state index contributed by atoms with van der Waals surface area (Å²) in [6.45, 7) is 1.77. The van der Waals surface area contributed by atoms with Gasteiger partial charge in [0.05, 0.1) is 5.69 Å². The van der Waals surface area contributed by atoms with Crippen LogP contribution in [0.1, 0.15) is 31.6 Å². The lowest BCUT2D eigenvalue weighted by molar-refractivity contribution is -0.120. The molecule has 21 heavy (non-hydrogen) atoms. The van der Waals surface area contributed by atoms with Gasteiger partial charge in [0.2, 0.25) is 0 Å². The molecule has 1 aromatic heterocycles. The van der Waals surface area contributed by atoms with Crippen LogP contribution in [0, 0.1) is 6.92 Å². The number of hydrogen-bond donors (Lipinski definition) is 0. The fourth-order valence-electron chi connectivity index (χ4n) is 3.14. The Morgan fingerprint density at radius 1 is 1.10 bits per heavy atom. The number of oxazole rings is 1. The molecule has 0 unspecified atom stereocenters. The Kier molecular flexibility index (Phi) is 2.51. The van der Waals surface area contributed by atoms with Crippen molar-refractivity contribution in [1.82, 2.24) is 4.98 Å². The molecule has 0 radical (unpaired) electrons. The van der Waals surface area contributed by atoms with Crippen LogP contribution in [0.5, 0.6) is 0 Å². The van der Waals surface area contributed by atoms with E-state index in [1.165, 1.54) is 4.90 Å². The molecule has 5 heteroatoms. The molecule has 2 aromatic rings. The normalized spacial score (nSPS) is 18.8. The van der Waals surface area contributed by atoms with Crippen LogP contribution in [-0.2, 0) is 9.59 Å². The molecule has 1 aliphatic heterocycles. The van der Waals surface area contributed by atoms with E-state index in [1.54, 1.807) is 25.1 Å².